The van der Waals surface area contributed by atoms with Gasteiger partial charge in [-0.2, -0.15) is 0 Å². The molecule has 2 heterocycles. The summed E-state index contributed by atoms with van der Waals surface area (Å²) in [5.74, 6) is 1.72. The molecular formula is C23H33N5O2. The van der Waals surface area contributed by atoms with E-state index < -0.39 is 0 Å². The van der Waals surface area contributed by atoms with Crippen LogP contribution in [0.15, 0.2) is 52.1 Å². The number of likely N-dealkylation sites (tertiary alicyclic amines) is 1. The maximum absolute atomic E-state index is 11.9. The standard InChI is InChI=1S/C23H33N5O2/c1-3-24-22(29)19-11-9-18(10-12-19)16-26-23(25-4-2)27-17-20(21-8-7-15-30-21)28-13-5-6-14-28/h7-12,15,20H,3-6,13-14,16-17H2,1-2H3,(H,24,29)(H2,25,26,27). The highest BCUT2D eigenvalue weighted by atomic mass is 16.3. The Balaban J connectivity index is 1.61. The number of nitrogens with zero attached hydrogens (tertiary/aromatic N) is 2. The molecule has 0 saturated carbocycles. The van der Waals surface area contributed by atoms with Gasteiger partial charge in [-0.05, 0) is 69.6 Å². The first-order valence-corrected chi connectivity index (χ1v) is 10.9. The number of benzene rings is 1. The van der Waals surface area contributed by atoms with Crippen LogP contribution in [0.4, 0.5) is 0 Å². The van der Waals surface area contributed by atoms with E-state index in [0.29, 0.717) is 18.7 Å². The zero-order valence-electron chi connectivity index (χ0n) is 18.0. The molecule has 162 valence electrons. The van der Waals surface area contributed by atoms with Gasteiger partial charge < -0.3 is 20.4 Å². The van der Waals surface area contributed by atoms with Crippen molar-refractivity contribution in [3.05, 3.63) is 59.5 Å². The van der Waals surface area contributed by atoms with Gasteiger partial charge in [-0.15, -0.1) is 0 Å². The minimum absolute atomic E-state index is 0.0477. The Morgan fingerprint density at radius 2 is 1.80 bits per heavy atom. The maximum Gasteiger partial charge on any atom is 0.251 e. The Morgan fingerprint density at radius 3 is 2.43 bits per heavy atom. The summed E-state index contributed by atoms with van der Waals surface area (Å²) in [6, 6.07) is 11.8. The molecule has 1 aliphatic rings. The lowest BCUT2D eigenvalue weighted by Crippen LogP contribution is -2.42. The fourth-order valence-electron chi connectivity index (χ4n) is 3.67. The van der Waals surface area contributed by atoms with Crippen LogP contribution in [0.1, 0.15) is 54.4 Å². The van der Waals surface area contributed by atoms with E-state index in [-0.39, 0.29) is 11.9 Å². The minimum Gasteiger partial charge on any atom is -0.468 e. The highest BCUT2D eigenvalue weighted by Gasteiger charge is 2.25. The summed E-state index contributed by atoms with van der Waals surface area (Å²) in [6.07, 6.45) is 4.21. The van der Waals surface area contributed by atoms with E-state index in [2.05, 4.69) is 27.8 Å². The number of guanidine groups is 1. The first kappa shape index (κ1) is 21.9. The fraction of sp³-hybridized carbons (Fsp3) is 0.478. The Morgan fingerprint density at radius 1 is 1.07 bits per heavy atom. The topological polar surface area (TPSA) is 81.9 Å². The molecule has 2 aromatic rings. The van der Waals surface area contributed by atoms with E-state index in [1.54, 1.807) is 6.26 Å². The molecule has 1 fully saturated rings. The lowest BCUT2D eigenvalue weighted by molar-refractivity contribution is 0.0956. The molecule has 30 heavy (non-hydrogen) atoms. The van der Waals surface area contributed by atoms with Crippen molar-refractivity contribution in [3.8, 4) is 0 Å². The zero-order chi connectivity index (χ0) is 21.2. The average molecular weight is 412 g/mol. The summed E-state index contributed by atoms with van der Waals surface area (Å²) in [5, 5.41) is 9.60. The van der Waals surface area contributed by atoms with Gasteiger partial charge in [0, 0.05) is 25.2 Å². The van der Waals surface area contributed by atoms with Gasteiger partial charge >= 0.3 is 0 Å². The molecule has 3 rings (SSSR count). The van der Waals surface area contributed by atoms with Gasteiger partial charge in [0.25, 0.3) is 5.91 Å². The number of hydrogen-bond donors (Lipinski definition) is 3. The lowest BCUT2D eigenvalue weighted by atomic mass is 10.1. The molecule has 1 unspecified atom stereocenters. The Bertz CT molecular complexity index is 796. The molecule has 7 heteroatoms. The van der Waals surface area contributed by atoms with Crippen molar-refractivity contribution in [1.29, 1.82) is 0 Å². The van der Waals surface area contributed by atoms with Crippen LogP contribution in [0, 0.1) is 0 Å². The van der Waals surface area contributed by atoms with Gasteiger partial charge in [0.1, 0.15) is 5.76 Å². The molecule has 1 aliphatic heterocycles. The van der Waals surface area contributed by atoms with Crippen LogP contribution in [0.25, 0.3) is 0 Å². The lowest BCUT2D eigenvalue weighted by Gasteiger charge is -2.26. The SMILES string of the molecule is CCNC(=O)c1ccc(CN=C(NCC)NCC(c2ccco2)N2CCCC2)cc1. The number of furan rings is 1. The average Bonchev–Trinajstić information content (AvgIpc) is 3.47. The third-order valence-corrected chi connectivity index (χ3v) is 5.23. The van der Waals surface area contributed by atoms with Crippen LogP contribution in [0.5, 0.6) is 0 Å². The van der Waals surface area contributed by atoms with Crippen LogP contribution in [0.3, 0.4) is 0 Å². The molecule has 3 N–H and O–H groups in total. The van der Waals surface area contributed by atoms with E-state index in [1.807, 2.05) is 43.3 Å². The van der Waals surface area contributed by atoms with Crippen LogP contribution >= 0.6 is 0 Å². The molecule has 0 aliphatic carbocycles. The third-order valence-electron chi connectivity index (χ3n) is 5.23. The second kappa shape index (κ2) is 11.4. The van der Waals surface area contributed by atoms with Crippen molar-refractivity contribution in [2.75, 3.05) is 32.7 Å². The summed E-state index contributed by atoms with van der Waals surface area (Å²) in [5.41, 5.74) is 1.73. The largest absolute Gasteiger partial charge is 0.468 e. The van der Waals surface area contributed by atoms with Crippen molar-refractivity contribution >= 4 is 11.9 Å². The Labute approximate surface area is 178 Å². The molecule has 7 nitrogen and oxygen atoms in total. The van der Waals surface area contributed by atoms with E-state index in [1.165, 1.54) is 12.8 Å². The fourth-order valence-corrected chi connectivity index (χ4v) is 3.67. The first-order valence-electron chi connectivity index (χ1n) is 10.9. The van der Waals surface area contributed by atoms with Gasteiger partial charge in [-0.3, -0.25) is 9.69 Å². The van der Waals surface area contributed by atoms with Gasteiger partial charge in [0.05, 0.1) is 18.8 Å². The van der Waals surface area contributed by atoms with Crippen LogP contribution < -0.4 is 16.0 Å². The Hall–Kier alpha value is -2.80. The summed E-state index contributed by atoms with van der Waals surface area (Å²) in [4.78, 5) is 19.1. The number of carbonyl (C=O) groups excluding carboxylic acids is 1. The van der Waals surface area contributed by atoms with Gasteiger partial charge in [-0.25, -0.2) is 4.99 Å². The smallest absolute Gasteiger partial charge is 0.251 e. The number of hydrogen-bond acceptors (Lipinski definition) is 4. The van der Waals surface area contributed by atoms with E-state index in [0.717, 1.165) is 43.5 Å². The predicted molar refractivity (Wildman–Crippen MR) is 120 cm³/mol. The highest BCUT2D eigenvalue weighted by Crippen LogP contribution is 2.24. The van der Waals surface area contributed by atoms with Crippen LogP contribution in [-0.2, 0) is 6.54 Å². The number of carbonyl (C=O) groups is 1. The molecule has 1 aromatic carbocycles. The second-order valence-electron chi connectivity index (χ2n) is 7.41. The normalized spacial score (nSPS) is 15.7. The molecule has 1 saturated heterocycles. The molecule has 1 amide bonds. The van der Waals surface area contributed by atoms with Crippen molar-refractivity contribution in [1.82, 2.24) is 20.9 Å². The van der Waals surface area contributed by atoms with Crippen molar-refractivity contribution in [2.24, 2.45) is 4.99 Å². The van der Waals surface area contributed by atoms with Crippen molar-refractivity contribution in [3.63, 3.8) is 0 Å². The van der Waals surface area contributed by atoms with E-state index >= 15 is 0 Å². The number of amides is 1. The number of nitrogens with one attached hydrogen (secondary N) is 3. The predicted octanol–water partition coefficient (Wildman–Crippen LogP) is 2.92. The van der Waals surface area contributed by atoms with Gasteiger partial charge in [0.2, 0.25) is 0 Å². The van der Waals surface area contributed by atoms with Gasteiger partial charge in [0.15, 0.2) is 5.96 Å². The summed E-state index contributed by atoms with van der Waals surface area (Å²) in [6.45, 7) is 8.85. The molecule has 0 radical (unpaired) electrons. The molecule has 1 aromatic heterocycles. The third kappa shape index (κ3) is 6.10. The molecule has 0 bridgehead atoms. The number of aliphatic imine (C=N–C) groups is 1. The minimum atomic E-state index is -0.0477. The molecule has 0 spiro atoms. The van der Waals surface area contributed by atoms with Gasteiger partial charge in [-0.1, -0.05) is 12.1 Å². The van der Waals surface area contributed by atoms with Crippen molar-refractivity contribution in [2.45, 2.75) is 39.3 Å². The summed E-state index contributed by atoms with van der Waals surface area (Å²) < 4.78 is 5.70. The highest BCUT2D eigenvalue weighted by molar-refractivity contribution is 5.94. The van der Waals surface area contributed by atoms with E-state index in [4.69, 9.17) is 9.41 Å². The van der Waals surface area contributed by atoms with Crippen LogP contribution in [-0.4, -0.2) is 49.5 Å². The van der Waals surface area contributed by atoms with E-state index in [9.17, 15) is 4.79 Å². The van der Waals surface area contributed by atoms with Crippen LogP contribution in [0.2, 0.25) is 0 Å². The quantitative estimate of drug-likeness (QED) is 0.437. The monoisotopic (exact) mass is 411 g/mol. The summed E-state index contributed by atoms with van der Waals surface area (Å²) in [7, 11) is 0. The molecular weight excluding hydrogens is 378 g/mol. The van der Waals surface area contributed by atoms with Crippen molar-refractivity contribution < 1.29 is 9.21 Å². The zero-order valence-corrected chi connectivity index (χ0v) is 18.0. The molecule has 1 atom stereocenters. The second-order valence-corrected chi connectivity index (χ2v) is 7.41. The summed E-state index contributed by atoms with van der Waals surface area (Å²) >= 11 is 0. The Kier molecular flexibility index (Phi) is 8.32. The maximum atomic E-state index is 11.9. The number of rotatable bonds is 9. The first-order chi connectivity index (χ1) is 14.7.